The highest BCUT2D eigenvalue weighted by atomic mass is 16.2. The van der Waals surface area contributed by atoms with Crippen LogP contribution in [0.5, 0.6) is 0 Å². The van der Waals surface area contributed by atoms with E-state index in [1.165, 1.54) is 4.90 Å². The molecule has 0 bridgehead atoms. The molecule has 0 radical (unpaired) electrons. The number of nitrogens with one attached hydrogen (secondary N) is 1. The average Bonchev–Trinajstić information content (AvgIpc) is 3.06. The molecule has 1 aliphatic heterocycles. The third-order valence-corrected chi connectivity index (χ3v) is 4.75. The third kappa shape index (κ3) is 4.25. The molecular weight excluding hydrogens is 320 g/mol. The van der Waals surface area contributed by atoms with Crippen molar-refractivity contribution in [2.45, 2.75) is 26.3 Å². The summed E-state index contributed by atoms with van der Waals surface area (Å²) in [5.41, 5.74) is 1.78. The monoisotopic (exact) mass is 348 g/mol. The lowest BCUT2D eigenvalue weighted by molar-refractivity contribution is -0.121. The summed E-state index contributed by atoms with van der Waals surface area (Å²) in [6.45, 7) is 5.63. The highest BCUT2D eigenvalue weighted by Gasteiger charge is 2.28. The highest BCUT2D eigenvalue weighted by Crippen LogP contribution is 2.25. The number of carbonyl (C=O) groups is 2. The fourth-order valence-electron chi connectivity index (χ4n) is 2.91. The first kappa shape index (κ1) is 19.1. The Labute approximate surface area is 149 Å². The molecule has 25 heavy (non-hydrogen) atoms. The van der Waals surface area contributed by atoms with Gasteiger partial charge in [0.2, 0.25) is 11.7 Å². The normalized spacial score (nSPS) is 17.1. The molecule has 0 unspecified atom stereocenters. The van der Waals surface area contributed by atoms with Crippen LogP contribution < -0.4 is 10.2 Å². The van der Waals surface area contributed by atoms with Crippen LogP contribution in [-0.2, 0) is 4.79 Å². The van der Waals surface area contributed by atoms with Crippen molar-refractivity contribution in [3.63, 3.8) is 0 Å². The Morgan fingerprint density at radius 3 is 2.48 bits per heavy atom. The zero-order valence-corrected chi connectivity index (χ0v) is 16.0. The molecule has 1 fully saturated rings. The summed E-state index contributed by atoms with van der Waals surface area (Å²) in [5.74, 6) is 0.371. The van der Waals surface area contributed by atoms with Gasteiger partial charge in [-0.2, -0.15) is 0 Å². The van der Waals surface area contributed by atoms with E-state index in [9.17, 15) is 9.59 Å². The van der Waals surface area contributed by atoms with Gasteiger partial charge in [0.1, 0.15) is 5.82 Å². The van der Waals surface area contributed by atoms with Crippen LogP contribution >= 0.6 is 0 Å². The van der Waals surface area contributed by atoms with E-state index in [2.05, 4.69) is 39.2 Å². The molecule has 0 aromatic carbocycles. The lowest BCUT2D eigenvalue weighted by Crippen LogP contribution is -2.38. The van der Waals surface area contributed by atoms with Crippen LogP contribution in [0.4, 0.5) is 5.82 Å². The van der Waals surface area contributed by atoms with E-state index in [0.717, 1.165) is 36.6 Å². The van der Waals surface area contributed by atoms with Gasteiger partial charge >= 0.3 is 0 Å². The van der Waals surface area contributed by atoms with Crippen LogP contribution in [0.1, 0.15) is 28.3 Å². The summed E-state index contributed by atoms with van der Waals surface area (Å²) in [6, 6.07) is 0.477. The molecule has 8 nitrogen and oxygen atoms in total. The van der Waals surface area contributed by atoms with Crippen molar-refractivity contribution in [2.75, 3.05) is 52.7 Å². The van der Waals surface area contributed by atoms with Gasteiger partial charge in [0.05, 0.1) is 6.54 Å². The van der Waals surface area contributed by atoms with Gasteiger partial charge in [-0.05, 0) is 34.4 Å². The predicted molar refractivity (Wildman–Crippen MR) is 96.8 cm³/mol. The molecule has 1 aromatic heterocycles. The Morgan fingerprint density at radius 2 is 1.92 bits per heavy atom. The number of aryl methyl sites for hydroxylation is 1. The maximum absolute atomic E-state index is 12.6. The van der Waals surface area contributed by atoms with Crippen LogP contribution in [-0.4, -0.2) is 85.4 Å². The van der Waals surface area contributed by atoms with Gasteiger partial charge in [-0.3, -0.25) is 9.59 Å². The van der Waals surface area contributed by atoms with Crippen molar-refractivity contribution in [3.8, 4) is 0 Å². The maximum Gasteiger partial charge on any atom is 0.291 e. The number of nitrogens with zero attached hydrogens (tertiary/aromatic N) is 5. The van der Waals surface area contributed by atoms with Crippen molar-refractivity contribution < 1.29 is 9.59 Å². The summed E-state index contributed by atoms with van der Waals surface area (Å²) in [6.07, 6.45) is 1.06. The number of anilines is 1. The van der Waals surface area contributed by atoms with E-state index in [1.807, 2.05) is 13.8 Å². The molecule has 1 N–H and O–H groups in total. The number of carbonyl (C=O) groups excluding carboxylic acids is 2. The molecule has 2 rings (SSSR count). The molecule has 2 amide bonds. The molecule has 1 atom stereocenters. The van der Waals surface area contributed by atoms with Gasteiger partial charge in [0.25, 0.3) is 5.91 Å². The van der Waals surface area contributed by atoms with Crippen molar-refractivity contribution >= 4 is 17.6 Å². The van der Waals surface area contributed by atoms with Gasteiger partial charge in [0.15, 0.2) is 0 Å². The number of hydrogen-bond acceptors (Lipinski definition) is 6. The molecule has 1 aromatic rings. The Hall–Kier alpha value is -2.22. The fraction of sp³-hybridized carbons (Fsp3) is 0.647. The van der Waals surface area contributed by atoms with E-state index in [4.69, 9.17) is 0 Å². The van der Waals surface area contributed by atoms with Crippen LogP contribution in [0.15, 0.2) is 0 Å². The van der Waals surface area contributed by atoms with E-state index in [0.29, 0.717) is 6.04 Å². The minimum absolute atomic E-state index is 0.0205. The molecule has 0 aliphatic carbocycles. The largest absolute Gasteiger partial charge is 0.358 e. The smallest absolute Gasteiger partial charge is 0.291 e. The summed E-state index contributed by atoms with van der Waals surface area (Å²) >= 11 is 0. The summed E-state index contributed by atoms with van der Waals surface area (Å²) in [5, 5.41) is 2.51. The highest BCUT2D eigenvalue weighted by molar-refractivity contribution is 5.93. The molecule has 138 valence electrons. The minimum atomic E-state index is -0.351. The molecular formula is C17H28N6O2. The summed E-state index contributed by atoms with van der Waals surface area (Å²) < 4.78 is 0. The number of likely N-dealkylation sites (N-methyl/N-ethyl adjacent to an activating group) is 3. The van der Waals surface area contributed by atoms with Gasteiger partial charge in [0, 0.05) is 44.5 Å². The minimum Gasteiger partial charge on any atom is -0.358 e. The average molecular weight is 348 g/mol. The first-order chi connectivity index (χ1) is 11.7. The van der Waals surface area contributed by atoms with Crippen LogP contribution in [0.25, 0.3) is 0 Å². The Bertz CT molecular complexity index is 661. The lowest BCUT2D eigenvalue weighted by Gasteiger charge is -2.23. The second-order valence-corrected chi connectivity index (χ2v) is 6.77. The number of aromatic nitrogens is 2. The van der Waals surface area contributed by atoms with Gasteiger partial charge in [-0.15, -0.1) is 0 Å². The SMILES string of the molecule is CNC(=O)CN(C)C(=O)c1nc(C)c(C)c(N2CC[C@@H](N(C)C)C2)n1. The van der Waals surface area contributed by atoms with Crippen LogP contribution in [0.2, 0.25) is 0 Å². The second-order valence-electron chi connectivity index (χ2n) is 6.77. The fourth-order valence-corrected chi connectivity index (χ4v) is 2.91. The molecule has 1 saturated heterocycles. The molecule has 0 spiro atoms. The predicted octanol–water partition coefficient (Wildman–Crippen LogP) is 0.0517. The van der Waals surface area contributed by atoms with Crippen molar-refractivity contribution in [1.29, 1.82) is 0 Å². The van der Waals surface area contributed by atoms with E-state index in [-0.39, 0.29) is 24.2 Å². The van der Waals surface area contributed by atoms with E-state index >= 15 is 0 Å². The Kier molecular flexibility index (Phi) is 5.94. The zero-order chi connectivity index (χ0) is 18.7. The Morgan fingerprint density at radius 1 is 1.24 bits per heavy atom. The number of rotatable bonds is 5. The topological polar surface area (TPSA) is 81.7 Å². The maximum atomic E-state index is 12.6. The van der Waals surface area contributed by atoms with Gasteiger partial charge in [-0.1, -0.05) is 0 Å². The molecule has 2 heterocycles. The summed E-state index contributed by atoms with van der Waals surface area (Å²) in [7, 11) is 7.28. The number of amides is 2. The van der Waals surface area contributed by atoms with Crippen LogP contribution in [0, 0.1) is 13.8 Å². The first-order valence-electron chi connectivity index (χ1n) is 8.47. The van der Waals surface area contributed by atoms with Crippen molar-refractivity contribution in [1.82, 2.24) is 25.1 Å². The lowest BCUT2D eigenvalue weighted by atomic mass is 10.2. The standard InChI is InChI=1S/C17H28N6O2/c1-11-12(2)19-15(17(25)22(6)10-14(24)18-3)20-16(11)23-8-7-13(9-23)21(4)5/h13H,7-10H2,1-6H3,(H,18,24)/t13-/m1/s1. The molecule has 1 aliphatic rings. The Balaban J connectivity index is 2.26. The van der Waals surface area contributed by atoms with Gasteiger partial charge in [-0.25, -0.2) is 9.97 Å². The van der Waals surface area contributed by atoms with Crippen molar-refractivity contribution in [3.05, 3.63) is 17.1 Å². The van der Waals surface area contributed by atoms with E-state index in [1.54, 1.807) is 14.1 Å². The van der Waals surface area contributed by atoms with Crippen LogP contribution in [0.3, 0.4) is 0 Å². The first-order valence-corrected chi connectivity index (χ1v) is 8.47. The van der Waals surface area contributed by atoms with Crippen molar-refractivity contribution in [2.24, 2.45) is 0 Å². The van der Waals surface area contributed by atoms with E-state index < -0.39 is 0 Å². The number of hydrogen-bond donors (Lipinski definition) is 1. The quantitative estimate of drug-likeness (QED) is 0.810. The second kappa shape index (κ2) is 7.77. The molecule has 0 saturated carbocycles. The summed E-state index contributed by atoms with van der Waals surface area (Å²) in [4.78, 5) is 38.7. The van der Waals surface area contributed by atoms with Gasteiger partial charge < -0.3 is 20.0 Å². The zero-order valence-electron chi connectivity index (χ0n) is 16.0. The third-order valence-electron chi connectivity index (χ3n) is 4.75. The molecule has 8 heteroatoms.